The van der Waals surface area contributed by atoms with Crippen LogP contribution in [-0.4, -0.2) is 24.1 Å². The smallest absolute Gasteiger partial charge is 0.421 e. The monoisotopic (exact) mass is 212 g/mol. The topological polar surface area (TPSA) is 53.3 Å². The lowest BCUT2D eigenvalue weighted by molar-refractivity contribution is 0.167. The largest absolute Gasteiger partial charge is 0.447 e. The van der Waals surface area contributed by atoms with Gasteiger partial charge in [0.25, 0.3) is 0 Å². The lowest BCUT2D eigenvalue weighted by Gasteiger charge is -1.99. The molecular formula is C12H8N2O2. The summed E-state index contributed by atoms with van der Waals surface area (Å²) < 4.78 is 4.73. The number of hydrogen-bond donors (Lipinski definition) is 0. The van der Waals surface area contributed by atoms with Crippen LogP contribution in [0.25, 0.3) is 0 Å². The molecule has 1 fully saturated rings. The molecule has 16 heavy (non-hydrogen) atoms. The fourth-order valence-electron chi connectivity index (χ4n) is 1.29. The van der Waals surface area contributed by atoms with E-state index < -0.39 is 6.09 Å². The van der Waals surface area contributed by atoms with Gasteiger partial charge in [0.1, 0.15) is 6.61 Å². The van der Waals surface area contributed by atoms with Crippen LogP contribution in [0.1, 0.15) is 11.1 Å². The Balaban J connectivity index is 2.17. The minimum absolute atomic E-state index is 0.381. The van der Waals surface area contributed by atoms with E-state index >= 15 is 0 Å². The van der Waals surface area contributed by atoms with Crippen molar-refractivity contribution in [3.63, 3.8) is 0 Å². The first-order valence-corrected chi connectivity index (χ1v) is 4.76. The highest BCUT2D eigenvalue weighted by molar-refractivity contribution is 5.71. The maximum atomic E-state index is 11.1. The molecule has 0 aromatic heterocycles. The predicted molar refractivity (Wildman–Crippen MR) is 56.1 cm³/mol. The number of rotatable bonds is 0. The van der Waals surface area contributed by atoms with Gasteiger partial charge >= 0.3 is 6.09 Å². The van der Waals surface area contributed by atoms with Gasteiger partial charge in [-0.15, -0.1) is 0 Å². The van der Waals surface area contributed by atoms with Crippen molar-refractivity contribution in [2.24, 2.45) is 0 Å². The third-order valence-electron chi connectivity index (χ3n) is 2.09. The van der Waals surface area contributed by atoms with Gasteiger partial charge in [-0.05, 0) is 24.1 Å². The highest BCUT2D eigenvalue weighted by Crippen LogP contribution is 2.04. The molecule has 0 atom stereocenters. The molecule has 0 radical (unpaired) electrons. The normalized spacial score (nSPS) is 13.7. The van der Waals surface area contributed by atoms with Crippen molar-refractivity contribution in [1.29, 1.82) is 5.26 Å². The van der Waals surface area contributed by atoms with Gasteiger partial charge in [0.05, 0.1) is 18.2 Å². The second kappa shape index (κ2) is 4.37. The van der Waals surface area contributed by atoms with Gasteiger partial charge in [-0.25, -0.2) is 9.69 Å². The molecule has 0 N–H and O–H groups in total. The van der Waals surface area contributed by atoms with Gasteiger partial charge in [-0.1, -0.05) is 6.07 Å². The van der Waals surface area contributed by atoms with Crippen molar-refractivity contribution in [1.82, 2.24) is 4.90 Å². The second-order valence-electron chi connectivity index (χ2n) is 3.20. The first kappa shape index (κ1) is 10.1. The van der Waals surface area contributed by atoms with E-state index in [0.29, 0.717) is 24.3 Å². The molecule has 2 rings (SSSR count). The Labute approximate surface area is 93.0 Å². The molecule has 1 saturated heterocycles. The summed E-state index contributed by atoms with van der Waals surface area (Å²) in [7, 11) is 0. The number of carbonyl (C=O) groups excluding carboxylic acids is 1. The fourth-order valence-corrected chi connectivity index (χ4v) is 1.29. The summed E-state index contributed by atoms with van der Waals surface area (Å²) in [5.74, 6) is 2.82. The van der Waals surface area contributed by atoms with Crippen molar-refractivity contribution < 1.29 is 9.53 Å². The van der Waals surface area contributed by atoms with E-state index in [1.165, 1.54) is 4.90 Å². The van der Waals surface area contributed by atoms with Crippen molar-refractivity contribution >= 4 is 6.09 Å². The average molecular weight is 212 g/mol. The zero-order valence-corrected chi connectivity index (χ0v) is 8.43. The van der Waals surface area contributed by atoms with E-state index in [0.717, 1.165) is 0 Å². The number of benzene rings is 1. The van der Waals surface area contributed by atoms with Crippen LogP contribution in [0.4, 0.5) is 4.79 Å². The summed E-state index contributed by atoms with van der Waals surface area (Å²) >= 11 is 0. The Morgan fingerprint density at radius 1 is 1.38 bits per heavy atom. The molecule has 0 unspecified atom stereocenters. The maximum Gasteiger partial charge on any atom is 0.421 e. The number of carbonyl (C=O) groups is 1. The van der Waals surface area contributed by atoms with Crippen LogP contribution in [0, 0.1) is 23.3 Å². The number of nitriles is 1. The fraction of sp³-hybridized carbons (Fsp3) is 0.167. The third-order valence-corrected chi connectivity index (χ3v) is 2.09. The van der Waals surface area contributed by atoms with Crippen molar-refractivity contribution in [2.45, 2.75) is 0 Å². The molecule has 1 amide bonds. The summed E-state index contributed by atoms with van der Waals surface area (Å²) in [6.45, 7) is 0.871. The summed E-state index contributed by atoms with van der Waals surface area (Å²) in [6.07, 6.45) is -0.413. The van der Waals surface area contributed by atoms with Gasteiger partial charge in [-0.3, -0.25) is 0 Å². The van der Waals surface area contributed by atoms with Crippen molar-refractivity contribution in [3.8, 4) is 18.0 Å². The summed E-state index contributed by atoms with van der Waals surface area (Å²) in [4.78, 5) is 12.4. The molecular weight excluding hydrogens is 204 g/mol. The second-order valence-corrected chi connectivity index (χ2v) is 3.20. The Hall–Kier alpha value is -2.46. The number of amides is 1. The highest BCUT2D eigenvalue weighted by atomic mass is 16.6. The van der Waals surface area contributed by atoms with Crippen LogP contribution in [0.2, 0.25) is 0 Å². The van der Waals surface area contributed by atoms with E-state index in [9.17, 15) is 4.79 Å². The molecule has 4 nitrogen and oxygen atoms in total. The molecule has 0 spiro atoms. The molecule has 1 aliphatic rings. The van der Waals surface area contributed by atoms with E-state index in [2.05, 4.69) is 12.0 Å². The van der Waals surface area contributed by atoms with Crippen molar-refractivity contribution in [3.05, 3.63) is 35.4 Å². The number of cyclic esters (lactones) is 1. The Morgan fingerprint density at radius 2 is 2.19 bits per heavy atom. The van der Waals surface area contributed by atoms with Crippen LogP contribution < -0.4 is 0 Å². The van der Waals surface area contributed by atoms with E-state index in [1.807, 2.05) is 6.07 Å². The number of ether oxygens (including phenoxy) is 1. The molecule has 1 aliphatic heterocycles. The van der Waals surface area contributed by atoms with Crippen LogP contribution in [0.5, 0.6) is 0 Å². The Kier molecular flexibility index (Phi) is 2.75. The highest BCUT2D eigenvalue weighted by Gasteiger charge is 2.19. The molecule has 4 heteroatoms. The number of hydrogen-bond acceptors (Lipinski definition) is 3. The lowest BCUT2D eigenvalue weighted by Crippen LogP contribution is -2.17. The quantitative estimate of drug-likeness (QED) is 0.609. The van der Waals surface area contributed by atoms with E-state index in [1.54, 1.807) is 24.3 Å². The Bertz CT molecular complexity index is 520. The molecule has 0 bridgehead atoms. The SMILES string of the molecule is N#Cc1cccc(C#CN2CCOC2=O)c1. The zero-order chi connectivity index (χ0) is 11.4. The van der Waals surface area contributed by atoms with E-state index in [4.69, 9.17) is 10.00 Å². The van der Waals surface area contributed by atoms with Crippen LogP contribution >= 0.6 is 0 Å². The van der Waals surface area contributed by atoms with Crippen molar-refractivity contribution in [2.75, 3.05) is 13.2 Å². The van der Waals surface area contributed by atoms with Gasteiger partial charge in [0.2, 0.25) is 0 Å². The maximum absolute atomic E-state index is 11.1. The number of nitrogens with zero attached hydrogens (tertiary/aromatic N) is 2. The van der Waals surface area contributed by atoms with Gasteiger partial charge < -0.3 is 4.74 Å². The molecule has 1 aromatic rings. The zero-order valence-electron chi connectivity index (χ0n) is 8.43. The molecule has 1 aromatic carbocycles. The third kappa shape index (κ3) is 2.13. The summed E-state index contributed by atoms with van der Waals surface area (Å²) in [6, 6.07) is 11.6. The molecule has 0 saturated carbocycles. The predicted octanol–water partition coefficient (Wildman–Crippen LogP) is 1.32. The minimum Gasteiger partial charge on any atom is -0.447 e. The standard InChI is InChI=1S/C12H8N2O2/c13-9-11-3-1-2-10(8-11)4-5-14-6-7-16-12(14)15/h1-3,8H,6-7H2. The minimum atomic E-state index is -0.413. The van der Waals surface area contributed by atoms with Gasteiger partial charge in [0, 0.05) is 11.6 Å². The van der Waals surface area contributed by atoms with Gasteiger partial charge in [0.15, 0.2) is 0 Å². The van der Waals surface area contributed by atoms with Crippen LogP contribution in [0.3, 0.4) is 0 Å². The Morgan fingerprint density at radius 3 is 2.88 bits per heavy atom. The molecule has 0 aliphatic carbocycles. The molecule has 78 valence electrons. The van der Waals surface area contributed by atoms with E-state index in [-0.39, 0.29) is 0 Å². The summed E-state index contributed by atoms with van der Waals surface area (Å²) in [5.41, 5.74) is 1.26. The first-order chi connectivity index (χ1) is 7.79. The van der Waals surface area contributed by atoms with Crippen LogP contribution in [0.15, 0.2) is 24.3 Å². The van der Waals surface area contributed by atoms with Gasteiger partial charge in [-0.2, -0.15) is 5.26 Å². The lowest BCUT2D eigenvalue weighted by atomic mass is 10.1. The molecule has 1 heterocycles. The average Bonchev–Trinajstić information content (AvgIpc) is 2.72. The van der Waals surface area contributed by atoms with Crippen LogP contribution in [-0.2, 0) is 4.74 Å². The summed E-state index contributed by atoms with van der Waals surface area (Å²) in [5, 5.41) is 8.70. The first-order valence-electron chi connectivity index (χ1n) is 4.76.